The van der Waals surface area contributed by atoms with Crippen LogP contribution in [0.5, 0.6) is 0 Å². The fourth-order valence-electron chi connectivity index (χ4n) is 1.86. The number of thiophene rings is 2. The molecule has 0 radical (unpaired) electrons. The number of hydrogen-bond donors (Lipinski definition) is 1. The molecule has 2 aromatic rings. The number of ketones is 1. The van der Waals surface area contributed by atoms with Gasteiger partial charge in [-0.1, -0.05) is 0 Å². The van der Waals surface area contributed by atoms with E-state index < -0.39 is 5.97 Å². The van der Waals surface area contributed by atoms with E-state index in [4.69, 9.17) is 4.74 Å². The van der Waals surface area contributed by atoms with Gasteiger partial charge in [0.25, 0.3) is 0 Å². The summed E-state index contributed by atoms with van der Waals surface area (Å²) in [5, 5.41) is 3.08. The maximum atomic E-state index is 12.3. The summed E-state index contributed by atoms with van der Waals surface area (Å²) in [6, 6.07) is 3.44. The van der Waals surface area contributed by atoms with Crippen molar-refractivity contribution in [3.05, 3.63) is 36.8 Å². The molecule has 2 heterocycles. The lowest BCUT2D eigenvalue weighted by atomic mass is 10.1. The number of rotatable bonds is 5. The maximum Gasteiger partial charge on any atom is 0.341 e. The highest BCUT2D eigenvalue weighted by Gasteiger charge is 2.22. The SMILES string of the molecule is CC(=O)Nc1sc(C)c(C)c1C(=O)OCC(=O)c1ccc(Br)s1. The minimum absolute atomic E-state index is 0.264. The lowest BCUT2D eigenvalue weighted by Crippen LogP contribution is -2.16. The number of Topliss-reactive ketones (excluding diaryl/α,β-unsaturated/α-hetero) is 1. The average Bonchev–Trinajstić information content (AvgIpc) is 3.00. The Morgan fingerprint density at radius 1 is 1.22 bits per heavy atom. The largest absolute Gasteiger partial charge is 0.454 e. The number of halogens is 1. The van der Waals surface area contributed by atoms with Gasteiger partial charge in [0, 0.05) is 11.8 Å². The van der Waals surface area contributed by atoms with E-state index in [0.717, 1.165) is 14.2 Å². The number of aryl methyl sites for hydroxylation is 1. The average molecular weight is 416 g/mol. The second-order valence-corrected chi connectivity index (χ2v) is 8.46. The van der Waals surface area contributed by atoms with Crippen LogP contribution in [0.4, 0.5) is 5.00 Å². The molecule has 0 saturated heterocycles. The normalized spacial score (nSPS) is 10.4. The van der Waals surface area contributed by atoms with E-state index in [2.05, 4.69) is 21.2 Å². The molecule has 2 aromatic heterocycles. The van der Waals surface area contributed by atoms with Crippen molar-refractivity contribution in [3.8, 4) is 0 Å². The highest BCUT2D eigenvalue weighted by atomic mass is 79.9. The highest BCUT2D eigenvalue weighted by molar-refractivity contribution is 9.11. The van der Waals surface area contributed by atoms with E-state index in [1.54, 1.807) is 19.1 Å². The topological polar surface area (TPSA) is 72.5 Å². The number of amides is 1. The second kappa shape index (κ2) is 7.37. The molecule has 0 atom stereocenters. The Labute approximate surface area is 149 Å². The molecular weight excluding hydrogens is 402 g/mol. The van der Waals surface area contributed by atoms with Gasteiger partial charge in [0.1, 0.15) is 5.00 Å². The molecule has 122 valence electrons. The van der Waals surface area contributed by atoms with Crippen LogP contribution in [0.2, 0.25) is 0 Å². The van der Waals surface area contributed by atoms with E-state index in [-0.39, 0.29) is 18.3 Å². The van der Waals surface area contributed by atoms with Crippen LogP contribution >= 0.6 is 38.6 Å². The third kappa shape index (κ3) is 4.27. The number of carbonyl (C=O) groups excluding carboxylic acids is 3. The van der Waals surface area contributed by atoms with E-state index in [1.165, 1.54) is 29.6 Å². The van der Waals surface area contributed by atoms with E-state index in [9.17, 15) is 14.4 Å². The number of hydrogen-bond acceptors (Lipinski definition) is 6. The molecule has 23 heavy (non-hydrogen) atoms. The van der Waals surface area contributed by atoms with Crippen molar-refractivity contribution < 1.29 is 19.1 Å². The van der Waals surface area contributed by atoms with Crippen LogP contribution in [0.15, 0.2) is 15.9 Å². The zero-order valence-corrected chi connectivity index (χ0v) is 15.9. The monoisotopic (exact) mass is 415 g/mol. The molecule has 0 saturated carbocycles. The molecule has 1 N–H and O–H groups in total. The Hall–Kier alpha value is -1.51. The van der Waals surface area contributed by atoms with Crippen molar-refractivity contribution in [1.29, 1.82) is 0 Å². The maximum absolute atomic E-state index is 12.3. The van der Waals surface area contributed by atoms with Gasteiger partial charge in [-0.25, -0.2) is 4.79 Å². The van der Waals surface area contributed by atoms with Gasteiger partial charge < -0.3 is 10.1 Å². The summed E-state index contributed by atoms with van der Waals surface area (Å²) in [5.41, 5.74) is 1.05. The summed E-state index contributed by atoms with van der Waals surface area (Å²) in [4.78, 5) is 37.0. The summed E-state index contributed by atoms with van der Waals surface area (Å²) in [6.45, 7) is 4.68. The first-order valence-electron chi connectivity index (χ1n) is 6.62. The molecule has 0 bridgehead atoms. The first-order chi connectivity index (χ1) is 10.8. The molecule has 0 unspecified atom stereocenters. The van der Waals surface area contributed by atoms with E-state index in [1.807, 2.05) is 6.92 Å². The van der Waals surface area contributed by atoms with Crippen LogP contribution < -0.4 is 5.32 Å². The number of esters is 1. The van der Waals surface area contributed by atoms with Crippen LogP contribution in [-0.4, -0.2) is 24.3 Å². The van der Waals surface area contributed by atoms with E-state index >= 15 is 0 Å². The molecule has 0 aliphatic heterocycles. The zero-order chi connectivity index (χ0) is 17.1. The lowest BCUT2D eigenvalue weighted by molar-refractivity contribution is -0.114. The third-order valence-electron chi connectivity index (χ3n) is 3.06. The highest BCUT2D eigenvalue weighted by Crippen LogP contribution is 2.33. The quantitative estimate of drug-likeness (QED) is 0.586. The summed E-state index contributed by atoms with van der Waals surface area (Å²) in [7, 11) is 0. The van der Waals surface area contributed by atoms with Crippen molar-refractivity contribution >= 4 is 61.3 Å². The zero-order valence-electron chi connectivity index (χ0n) is 12.7. The number of nitrogens with one attached hydrogen (secondary N) is 1. The van der Waals surface area contributed by atoms with Crippen molar-refractivity contribution in [2.45, 2.75) is 20.8 Å². The van der Waals surface area contributed by atoms with Gasteiger partial charge in [0.2, 0.25) is 11.7 Å². The molecule has 0 spiro atoms. The Morgan fingerprint density at radius 3 is 2.48 bits per heavy atom. The first-order valence-corrected chi connectivity index (χ1v) is 9.05. The fraction of sp³-hybridized carbons (Fsp3) is 0.267. The number of carbonyl (C=O) groups is 3. The Bertz CT molecular complexity index is 779. The lowest BCUT2D eigenvalue weighted by Gasteiger charge is -2.06. The molecule has 5 nitrogen and oxygen atoms in total. The summed E-state index contributed by atoms with van der Waals surface area (Å²) < 4.78 is 5.97. The van der Waals surface area contributed by atoms with Gasteiger partial charge in [-0.05, 0) is 47.5 Å². The smallest absolute Gasteiger partial charge is 0.341 e. The van der Waals surface area contributed by atoms with Gasteiger partial charge in [0.05, 0.1) is 14.2 Å². The molecule has 0 fully saturated rings. The minimum Gasteiger partial charge on any atom is -0.454 e. The minimum atomic E-state index is -0.612. The molecular formula is C15H14BrNO4S2. The standard InChI is InChI=1S/C15H14BrNO4S2/c1-7-8(2)22-14(17-9(3)18)13(7)15(20)21-6-10(19)11-4-5-12(16)23-11/h4-5H,6H2,1-3H3,(H,17,18). The first kappa shape index (κ1) is 17.8. The predicted molar refractivity (Wildman–Crippen MR) is 94.7 cm³/mol. The predicted octanol–water partition coefficient (Wildman–Crippen LogP) is 4.19. The van der Waals surface area contributed by atoms with Gasteiger partial charge in [-0.2, -0.15) is 0 Å². The number of anilines is 1. The second-order valence-electron chi connectivity index (χ2n) is 4.77. The summed E-state index contributed by atoms with van der Waals surface area (Å²) in [5.74, 6) is -1.14. The van der Waals surface area contributed by atoms with Crippen LogP contribution in [0.3, 0.4) is 0 Å². The molecule has 0 aromatic carbocycles. The van der Waals surface area contributed by atoms with Gasteiger partial charge in [-0.15, -0.1) is 22.7 Å². The molecule has 8 heteroatoms. The number of ether oxygens (including phenoxy) is 1. The van der Waals surface area contributed by atoms with Crippen LogP contribution in [0.1, 0.15) is 37.4 Å². The Balaban J connectivity index is 2.11. The van der Waals surface area contributed by atoms with Crippen molar-refractivity contribution in [3.63, 3.8) is 0 Å². The summed E-state index contributed by atoms with van der Waals surface area (Å²) in [6.07, 6.45) is 0. The van der Waals surface area contributed by atoms with Crippen LogP contribution in [0.25, 0.3) is 0 Å². The molecule has 0 aliphatic rings. The van der Waals surface area contributed by atoms with Gasteiger partial charge in [0.15, 0.2) is 6.61 Å². The van der Waals surface area contributed by atoms with Gasteiger partial charge in [-0.3, -0.25) is 9.59 Å². The van der Waals surface area contributed by atoms with Crippen molar-refractivity contribution in [2.24, 2.45) is 0 Å². The van der Waals surface area contributed by atoms with Crippen molar-refractivity contribution in [1.82, 2.24) is 0 Å². The Morgan fingerprint density at radius 2 is 1.91 bits per heavy atom. The third-order valence-corrected chi connectivity index (χ3v) is 5.85. The van der Waals surface area contributed by atoms with Gasteiger partial charge >= 0.3 is 5.97 Å². The Kier molecular flexibility index (Phi) is 5.72. The van der Waals surface area contributed by atoms with Crippen molar-refractivity contribution in [2.75, 3.05) is 11.9 Å². The van der Waals surface area contributed by atoms with Crippen LogP contribution in [0, 0.1) is 13.8 Å². The fourth-order valence-corrected chi connectivity index (χ4v) is 4.26. The van der Waals surface area contributed by atoms with Crippen LogP contribution in [-0.2, 0) is 9.53 Å². The van der Waals surface area contributed by atoms with E-state index in [0.29, 0.717) is 15.4 Å². The summed E-state index contributed by atoms with van der Waals surface area (Å²) >= 11 is 5.87. The molecule has 2 rings (SSSR count). The molecule has 1 amide bonds. The molecule has 0 aliphatic carbocycles.